The molecule has 1 aromatic heterocycles. The molecule has 1 heterocycles. The van der Waals surface area contributed by atoms with Gasteiger partial charge in [0.15, 0.2) is 6.61 Å². The zero-order valence-corrected chi connectivity index (χ0v) is 13.3. The van der Waals surface area contributed by atoms with Gasteiger partial charge in [-0.05, 0) is 61.3 Å². The van der Waals surface area contributed by atoms with Crippen LogP contribution in [0.2, 0.25) is 0 Å². The van der Waals surface area contributed by atoms with Crippen LogP contribution in [0.15, 0.2) is 28.8 Å². The number of benzene rings is 1. The summed E-state index contributed by atoms with van der Waals surface area (Å²) in [6.07, 6.45) is 5.51. The average Bonchev–Trinajstić information content (AvgIpc) is 3.30. The van der Waals surface area contributed by atoms with Crippen molar-refractivity contribution in [2.24, 2.45) is 17.8 Å². The maximum absolute atomic E-state index is 12.9. The maximum Gasteiger partial charge on any atom is 0.306 e. The molecule has 0 amide bonds. The first-order chi connectivity index (χ1) is 11.7. The number of hydrogen-bond donors (Lipinski definition) is 0. The Balaban J connectivity index is 1.30. The van der Waals surface area contributed by atoms with Crippen LogP contribution in [-0.2, 0) is 16.1 Å². The number of fused-ring (bicyclic) bond motifs is 2. The van der Waals surface area contributed by atoms with E-state index in [2.05, 4.69) is 10.1 Å². The number of hydrogen-bond acceptors (Lipinski definition) is 5. The van der Waals surface area contributed by atoms with Crippen LogP contribution in [0.4, 0.5) is 4.39 Å². The van der Waals surface area contributed by atoms with Gasteiger partial charge >= 0.3 is 5.97 Å². The highest BCUT2D eigenvalue weighted by atomic mass is 19.1. The topological polar surface area (TPSA) is 65.2 Å². The molecule has 0 N–H and O–H groups in total. The van der Waals surface area contributed by atoms with Crippen LogP contribution in [0.25, 0.3) is 11.4 Å². The van der Waals surface area contributed by atoms with Gasteiger partial charge in [-0.25, -0.2) is 4.39 Å². The molecule has 24 heavy (non-hydrogen) atoms. The van der Waals surface area contributed by atoms with Crippen molar-refractivity contribution in [1.29, 1.82) is 0 Å². The fourth-order valence-electron chi connectivity index (χ4n) is 4.07. The lowest BCUT2D eigenvalue weighted by atomic mass is 9.86. The molecule has 2 aliphatic carbocycles. The van der Waals surface area contributed by atoms with Crippen molar-refractivity contribution in [1.82, 2.24) is 10.1 Å². The van der Waals surface area contributed by atoms with Gasteiger partial charge in [-0.1, -0.05) is 11.6 Å². The van der Waals surface area contributed by atoms with Gasteiger partial charge in [0.1, 0.15) is 5.82 Å². The van der Waals surface area contributed by atoms with Crippen LogP contribution in [0.5, 0.6) is 0 Å². The van der Waals surface area contributed by atoms with E-state index in [1.807, 2.05) is 0 Å². The molecule has 0 spiro atoms. The Kier molecular flexibility index (Phi) is 4.04. The summed E-state index contributed by atoms with van der Waals surface area (Å²) < 4.78 is 23.3. The minimum absolute atomic E-state index is 0.0200. The van der Waals surface area contributed by atoms with Crippen molar-refractivity contribution in [2.45, 2.75) is 38.7 Å². The standard InChI is InChI=1S/C18H19FN2O3/c19-15-5-3-12(4-6-15)18-20-16(24-21-18)10-23-17(22)9-14-8-11-1-2-13(14)7-11/h3-6,11,13-14H,1-2,7-10H2/t11-,13+,14-/m0/s1. The first-order valence-electron chi connectivity index (χ1n) is 8.41. The van der Waals surface area contributed by atoms with E-state index in [1.165, 1.54) is 31.4 Å². The third kappa shape index (κ3) is 3.18. The molecule has 3 atom stereocenters. The Labute approximate surface area is 139 Å². The summed E-state index contributed by atoms with van der Waals surface area (Å²) in [7, 11) is 0. The van der Waals surface area contributed by atoms with Gasteiger partial charge in [0.2, 0.25) is 5.82 Å². The second kappa shape index (κ2) is 6.34. The molecule has 2 aliphatic rings. The summed E-state index contributed by atoms with van der Waals surface area (Å²) in [4.78, 5) is 16.2. The third-order valence-electron chi connectivity index (χ3n) is 5.24. The molecule has 0 saturated heterocycles. The van der Waals surface area contributed by atoms with E-state index in [-0.39, 0.29) is 24.3 Å². The molecule has 0 unspecified atom stereocenters. The molecule has 2 bridgehead atoms. The lowest BCUT2D eigenvalue weighted by Crippen LogP contribution is -2.17. The number of halogens is 1. The molecule has 0 radical (unpaired) electrons. The minimum Gasteiger partial charge on any atom is -0.456 e. The fraction of sp³-hybridized carbons (Fsp3) is 0.500. The van der Waals surface area contributed by atoms with Crippen LogP contribution in [0, 0.1) is 23.6 Å². The summed E-state index contributed by atoms with van der Waals surface area (Å²) in [5.74, 6) is 2.09. The minimum atomic E-state index is -0.322. The number of carbonyl (C=O) groups excluding carboxylic acids is 1. The van der Waals surface area contributed by atoms with Gasteiger partial charge in [-0.3, -0.25) is 4.79 Å². The van der Waals surface area contributed by atoms with Gasteiger partial charge in [0.05, 0.1) is 0 Å². The van der Waals surface area contributed by atoms with E-state index in [4.69, 9.17) is 9.26 Å². The van der Waals surface area contributed by atoms with Gasteiger partial charge in [0.25, 0.3) is 5.89 Å². The lowest BCUT2D eigenvalue weighted by Gasteiger charge is -2.20. The number of nitrogens with zero attached hydrogens (tertiary/aromatic N) is 2. The summed E-state index contributed by atoms with van der Waals surface area (Å²) in [5, 5.41) is 3.83. The highest BCUT2D eigenvalue weighted by Crippen LogP contribution is 2.49. The second-order valence-corrected chi connectivity index (χ2v) is 6.82. The van der Waals surface area contributed by atoms with Crippen molar-refractivity contribution in [3.63, 3.8) is 0 Å². The first kappa shape index (κ1) is 15.3. The smallest absolute Gasteiger partial charge is 0.306 e. The summed E-state index contributed by atoms with van der Waals surface area (Å²) >= 11 is 0. The van der Waals surface area contributed by atoms with E-state index >= 15 is 0 Å². The molecule has 2 fully saturated rings. The van der Waals surface area contributed by atoms with Gasteiger partial charge < -0.3 is 9.26 Å². The van der Waals surface area contributed by atoms with Crippen LogP contribution in [-0.4, -0.2) is 16.1 Å². The third-order valence-corrected chi connectivity index (χ3v) is 5.24. The Hall–Kier alpha value is -2.24. The summed E-state index contributed by atoms with van der Waals surface area (Å²) in [5.41, 5.74) is 0.653. The second-order valence-electron chi connectivity index (χ2n) is 6.82. The summed E-state index contributed by atoms with van der Waals surface area (Å²) in [6.45, 7) is -0.0200. The SMILES string of the molecule is O=C(C[C@@H]1C[C@H]2CC[C@@H]1C2)OCc1nc(-c2ccc(F)cc2)no1. The zero-order valence-electron chi connectivity index (χ0n) is 13.3. The first-order valence-corrected chi connectivity index (χ1v) is 8.41. The molecular formula is C18H19FN2O3. The van der Waals surface area contributed by atoms with Crippen LogP contribution in [0.1, 0.15) is 38.0 Å². The normalized spacial score (nSPS) is 25.1. The number of aromatic nitrogens is 2. The molecular weight excluding hydrogens is 311 g/mol. The number of ether oxygens (including phenoxy) is 1. The molecule has 2 aromatic rings. The van der Waals surface area contributed by atoms with E-state index in [0.717, 1.165) is 12.3 Å². The van der Waals surface area contributed by atoms with Gasteiger partial charge in [-0.2, -0.15) is 4.98 Å². The zero-order chi connectivity index (χ0) is 16.5. The van der Waals surface area contributed by atoms with Crippen molar-refractivity contribution in [3.8, 4) is 11.4 Å². The molecule has 1 aromatic carbocycles. The summed E-state index contributed by atoms with van der Waals surface area (Å²) in [6, 6.07) is 5.82. The predicted molar refractivity (Wildman–Crippen MR) is 83.0 cm³/mol. The van der Waals surface area contributed by atoms with Gasteiger partial charge in [0, 0.05) is 12.0 Å². The monoisotopic (exact) mass is 330 g/mol. The van der Waals surface area contributed by atoms with E-state index in [9.17, 15) is 9.18 Å². The molecule has 126 valence electrons. The maximum atomic E-state index is 12.9. The van der Waals surface area contributed by atoms with Crippen molar-refractivity contribution in [2.75, 3.05) is 0 Å². The lowest BCUT2D eigenvalue weighted by molar-refractivity contribution is -0.147. The van der Waals surface area contributed by atoms with E-state index in [0.29, 0.717) is 29.6 Å². The van der Waals surface area contributed by atoms with Crippen LogP contribution >= 0.6 is 0 Å². The highest BCUT2D eigenvalue weighted by molar-refractivity contribution is 5.69. The van der Waals surface area contributed by atoms with Crippen molar-refractivity contribution >= 4 is 5.97 Å². The largest absolute Gasteiger partial charge is 0.456 e. The predicted octanol–water partition coefficient (Wildman–Crippen LogP) is 3.75. The molecule has 2 saturated carbocycles. The quantitative estimate of drug-likeness (QED) is 0.781. The number of carbonyl (C=O) groups is 1. The van der Waals surface area contributed by atoms with Crippen LogP contribution in [0.3, 0.4) is 0 Å². The average molecular weight is 330 g/mol. The van der Waals surface area contributed by atoms with E-state index < -0.39 is 0 Å². The van der Waals surface area contributed by atoms with Crippen molar-refractivity contribution in [3.05, 3.63) is 36.0 Å². The van der Waals surface area contributed by atoms with Gasteiger partial charge in [-0.15, -0.1) is 0 Å². The Morgan fingerprint density at radius 3 is 2.79 bits per heavy atom. The molecule has 5 nitrogen and oxygen atoms in total. The highest BCUT2D eigenvalue weighted by Gasteiger charge is 2.40. The molecule has 6 heteroatoms. The fourth-order valence-corrected chi connectivity index (χ4v) is 4.07. The molecule has 4 rings (SSSR count). The Morgan fingerprint density at radius 1 is 1.25 bits per heavy atom. The van der Waals surface area contributed by atoms with Crippen molar-refractivity contribution < 1.29 is 18.4 Å². The molecule has 0 aliphatic heterocycles. The Bertz CT molecular complexity index is 728. The van der Waals surface area contributed by atoms with Crippen LogP contribution < -0.4 is 0 Å². The number of rotatable bonds is 5. The Morgan fingerprint density at radius 2 is 2.08 bits per heavy atom. The van der Waals surface area contributed by atoms with E-state index in [1.54, 1.807) is 12.1 Å². The number of esters is 1.